The highest BCUT2D eigenvalue weighted by molar-refractivity contribution is 5.13. The fourth-order valence-electron chi connectivity index (χ4n) is 4.98. The SMILES string of the molecule is CCCCCCCCCCC1CCC(c2cncc[n+]2Cc2ccccc2)CC1. The molecule has 1 saturated carbocycles. The minimum Gasteiger partial charge on any atom is -0.252 e. The Labute approximate surface area is 178 Å². The Hall–Kier alpha value is -1.70. The predicted molar refractivity (Wildman–Crippen MR) is 122 cm³/mol. The first kappa shape index (κ1) is 22.0. The van der Waals surface area contributed by atoms with E-state index in [2.05, 4.69) is 59.2 Å². The highest BCUT2D eigenvalue weighted by atomic mass is 15.0. The van der Waals surface area contributed by atoms with Gasteiger partial charge in [-0.2, -0.15) is 4.57 Å². The van der Waals surface area contributed by atoms with Gasteiger partial charge in [-0.25, -0.2) is 0 Å². The molecule has 29 heavy (non-hydrogen) atoms. The van der Waals surface area contributed by atoms with Crippen LogP contribution in [0.4, 0.5) is 0 Å². The maximum Gasteiger partial charge on any atom is 0.203 e. The molecule has 0 saturated heterocycles. The highest BCUT2D eigenvalue weighted by Crippen LogP contribution is 2.36. The van der Waals surface area contributed by atoms with Crippen molar-refractivity contribution in [3.63, 3.8) is 0 Å². The van der Waals surface area contributed by atoms with Crippen LogP contribution in [0.25, 0.3) is 0 Å². The molecule has 2 nitrogen and oxygen atoms in total. The molecule has 0 atom stereocenters. The molecule has 0 bridgehead atoms. The molecule has 3 rings (SSSR count). The van der Waals surface area contributed by atoms with E-state index in [9.17, 15) is 0 Å². The number of unbranched alkanes of at least 4 members (excludes halogenated alkanes) is 7. The van der Waals surface area contributed by atoms with Gasteiger partial charge in [-0.05, 0) is 31.6 Å². The van der Waals surface area contributed by atoms with Crippen molar-refractivity contribution in [1.29, 1.82) is 0 Å². The molecule has 1 fully saturated rings. The van der Waals surface area contributed by atoms with Gasteiger partial charge in [0, 0.05) is 11.5 Å². The van der Waals surface area contributed by atoms with E-state index in [0.29, 0.717) is 5.92 Å². The quantitative estimate of drug-likeness (QED) is 0.275. The van der Waals surface area contributed by atoms with E-state index in [1.165, 1.54) is 94.7 Å². The highest BCUT2D eigenvalue weighted by Gasteiger charge is 2.28. The molecule has 2 heteroatoms. The molecule has 1 aromatic heterocycles. The first-order valence-corrected chi connectivity index (χ1v) is 12.2. The summed E-state index contributed by atoms with van der Waals surface area (Å²) in [7, 11) is 0. The second kappa shape index (κ2) is 12.8. The number of hydrogen-bond donors (Lipinski definition) is 0. The molecule has 1 aliphatic rings. The van der Waals surface area contributed by atoms with Crippen LogP contribution in [0.3, 0.4) is 0 Å². The summed E-state index contributed by atoms with van der Waals surface area (Å²) < 4.78 is 2.42. The lowest BCUT2D eigenvalue weighted by Gasteiger charge is -2.27. The molecule has 0 N–H and O–H groups in total. The van der Waals surface area contributed by atoms with Crippen LogP contribution in [0.1, 0.15) is 108 Å². The number of rotatable bonds is 12. The molecule has 1 heterocycles. The fraction of sp³-hybridized carbons (Fsp3) is 0.630. The molecular formula is C27H41N2+. The van der Waals surface area contributed by atoms with Crippen LogP contribution in [0, 0.1) is 5.92 Å². The van der Waals surface area contributed by atoms with E-state index in [1.807, 2.05) is 6.20 Å². The van der Waals surface area contributed by atoms with Crippen LogP contribution in [0.15, 0.2) is 48.9 Å². The van der Waals surface area contributed by atoms with E-state index in [-0.39, 0.29) is 0 Å². The monoisotopic (exact) mass is 393 g/mol. The summed E-state index contributed by atoms with van der Waals surface area (Å²) in [4.78, 5) is 4.46. The van der Waals surface area contributed by atoms with Crippen molar-refractivity contribution in [3.8, 4) is 0 Å². The van der Waals surface area contributed by atoms with Crippen LogP contribution in [0.5, 0.6) is 0 Å². The molecule has 0 spiro atoms. The number of hydrogen-bond acceptors (Lipinski definition) is 1. The molecule has 0 unspecified atom stereocenters. The van der Waals surface area contributed by atoms with Crippen LogP contribution in [0.2, 0.25) is 0 Å². The summed E-state index contributed by atoms with van der Waals surface area (Å²) in [5, 5.41) is 0. The minimum absolute atomic E-state index is 0.683. The van der Waals surface area contributed by atoms with Crippen LogP contribution in [-0.2, 0) is 6.54 Å². The normalized spacial score (nSPS) is 19.3. The smallest absolute Gasteiger partial charge is 0.203 e. The average molecular weight is 394 g/mol. The molecule has 0 aliphatic heterocycles. The molecule has 2 aromatic rings. The van der Waals surface area contributed by atoms with E-state index in [0.717, 1.165) is 12.5 Å². The van der Waals surface area contributed by atoms with Crippen LogP contribution < -0.4 is 4.57 Å². The predicted octanol–water partition coefficient (Wildman–Crippen LogP) is 7.22. The Bertz CT molecular complexity index is 674. The van der Waals surface area contributed by atoms with Gasteiger partial charge in [-0.3, -0.25) is 4.98 Å². The average Bonchev–Trinajstić information content (AvgIpc) is 2.77. The van der Waals surface area contributed by atoms with Gasteiger partial charge in [0.15, 0.2) is 12.7 Å². The van der Waals surface area contributed by atoms with Gasteiger partial charge in [-0.1, -0.05) is 95.0 Å². The molecular weight excluding hydrogens is 352 g/mol. The van der Waals surface area contributed by atoms with Gasteiger partial charge in [-0.15, -0.1) is 0 Å². The summed E-state index contributed by atoms with van der Waals surface area (Å²) in [6, 6.07) is 10.8. The van der Waals surface area contributed by atoms with Crippen molar-refractivity contribution >= 4 is 0 Å². The Morgan fingerprint density at radius 1 is 0.862 bits per heavy atom. The second-order valence-electron chi connectivity index (χ2n) is 9.10. The Balaban J connectivity index is 1.39. The number of nitrogens with zero attached hydrogens (tertiary/aromatic N) is 2. The Morgan fingerprint density at radius 3 is 2.28 bits per heavy atom. The van der Waals surface area contributed by atoms with Crippen molar-refractivity contribution in [2.24, 2.45) is 5.92 Å². The standard InChI is InChI=1S/C27H41N2/c1-2-3-4-5-6-7-8-10-13-24-16-18-26(19-17-24)27-22-28-20-21-29(27)23-25-14-11-9-12-15-25/h9,11-12,14-15,20-22,24,26H,2-8,10,13,16-19,23H2,1H3/q+1. The topological polar surface area (TPSA) is 16.8 Å². The summed E-state index contributed by atoms with van der Waals surface area (Å²) in [5.74, 6) is 1.65. The largest absolute Gasteiger partial charge is 0.252 e. The van der Waals surface area contributed by atoms with Crippen LogP contribution in [-0.4, -0.2) is 4.98 Å². The van der Waals surface area contributed by atoms with Crippen LogP contribution >= 0.6 is 0 Å². The zero-order chi connectivity index (χ0) is 20.2. The van der Waals surface area contributed by atoms with E-state index in [4.69, 9.17) is 0 Å². The molecule has 158 valence electrons. The number of aromatic nitrogens is 2. The van der Waals surface area contributed by atoms with Gasteiger partial charge < -0.3 is 0 Å². The third kappa shape index (κ3) is 7.57. The van der Waals surface area contributed by atoms with Crippen molar-refractivity contribution in [1.82, 2.24) is 4.98 Å². The molecule has 0 amide bonds. The third-order valence-electron chi connectivity index (χ3n) is 6.80. The summed E-state index contributed by atoms with van der Waals surface area (Å²) in [6.07, 6.45) is 24.6. The van der Waals surface area contributed by atoms with Gasteiger partial charge in [0.1, 0.15) is 0 Å². The lowest BCUT2D eigenvalue weighted by atomic mass is 9.78. The molecule has 1 aromatic carbocycles. The Morgan fingerprint density at radius 2 is 1.55 bits per heavy atom. The zero-order valence-electron chi connectivity index (χ0n) is 18.6. The maximum absolute atomic E-state index is 4.46. The number of benzene rings is 1. The first-order valence-electron chi connectivity index (χ1n) is 12.2. The van der Waals surface area contributed by atoms with Crippen molar-refractivity contribution in [3.05, 3.63) is 60.2 Å². The summed E-state index contributed by atoms with van der Waals surface area (Å²) >= 11 is 0. The van der Waals surface area contributed by atoms with Gasteiger partial charge in [0.2, 0.25) is 5.69 Å². The van der Waals surface area contributed by atoms with E-state index in [1.54, 1.807) is 0 Å². The first-order chi connectivity index (χ1) is 14.4. The zero-order valence-corrected chi connectivity index (χ0v) is 18.6. The lowest BCUT2D eigenvalue weighted by molar-refractivity contribution is -0.697. The van der Waals surface area contributed by atoms with Gasteiger partial charge >= 0.3 is 0 Å². The van der Waals surface area contributed by atoms with Crippen molar-refractivity contribution in [2.75, 3.05) is 0 Å². The van der Waals surface area contributed by atoms with Gasteiger partial charge in [0.05, 0.1) is 12.4 Å². The van der Waals surface area contributed by atoms with E-state index >= 15 is 0 Å². The van der Waals surface area contributed by atoms with Crippen molar-refractivity contribution < 1.29 is 4.57 Å². The maximum atomic E-state index is 4.46. The summed E-state index contributed by atoms with van der Waals surface area (Å²) in [6.45, 7) is 3.25. The lowest BCUT2D eigenvalue weighted by Crippen LogP contribution is -2.40. The van der Waals surface area contributed by atoms with E-state index < -0.39 is 0 Å². The summed E-state index contributed by atoms with van der Waals surface area (Å²) in [5.41, 5.74) is 2.80. The molecule has 1 aliphatic carbocycles. The Kier molecular flexibility index (Phi) is 9.69. The minimum atomic E-state index is 0.683. The fourth-order valence-corrected chi connectivity index (χ4v) is 4.98. The third-order valence-corrected chi connectivity index (χ3v) is 6.80. The van der Waals surface area contributed by atoms with Crippen molar-refractivity contribution in [2.45, 2.75) is 103 Å². The molecule has 0 radical (unpaired) electrons. The van der Waals surface area contributed by atoms with Gasteiger partial charge in [0.25, 0.3) is 0 Å². The second-order valence-corrected chi connectivity index (χ2v) is 9.10.